The van der Waals surface area contributed by atoms with Gasteiger partial charge in [0.25, 0.3) is 0 Å². The number of fused-ring (bicyclic) bond motifs is 1. The highest BCUT2D eigenvalue weighted by molar-refractivity contribution is 5.81. The van der Waals surface area contributed by atoms with Gasteiger partial charge in [0.1, 0.15) is 29.6 Å². The lowest BCUT2D eigenvalue weighted by atomic mass is 10.0. The number of halogens is 1. The van der Waals surface area contributed by atoms with Crippen molar-refractivity contribution in [2.75, 3.05) is 6.61 Å². The number of hydrogen-bond acceptors (Lipinski definition) is 7. The Morgan fingerprint density at radius 1 is 1.25 bits per heavy atom. The van der Waals surface area contributed by atoms with Crippen molar-refractivity contribution in [2.24, 2.45) is 0 Å². The van der Waals surface area contributed by atoms with Crippen LogP contribution in [-0.4, -0.2) is 52.7 Å². The quantitative estimate of drug-likeness (QED) is 0.688. The minimum atomic E-state index is -2.01. The second-order valence-corrected chi connectivity index (χ2v) is 5.68. The SMILES string of the molecule is Cc1cc(=O)oc2cc(O[C@H]3O[C@H](CO)[C@@H](O)[C@H](O)[C@H]3F)ccc12. The molecule has 0 spiro atoms. The average molecular weight is 340 g/mol. The van der Waals surface area contributed by atoms with Crippen molar-refractivity contribution in [3.63, 3.8) is 0 Å². The summed E-state index contributed by atoms with van der Waals surface area (Å²) in [7, 11) is 0. The van der Waals surface area contributed by atoms with Crippen molar-refractivity contribution in [3.8, 4) is 5.75 Å². The lowest BCUT2D eigenvalue weighted by molar-refractivity contribution is -0.261. The van der Waals surface area contributed by atoms with E-state index in [9.17, 15) is 19.4 Å². The van der Waals surface area contributed by atoms with Crippen LogP contribution in [0.15, 0.2) is 33.5 Å². The Morgan fingerprint density at radius 2 is 2.00 bits per heavy atom. The molecule has 3 N–H and O–H groups in total. The summed E-state index contributed by atoms with van der Waals surface area (Å²) in [5.74, 6) is 0.157. The van der Waals surface area contributed by atoms with E-state index in [4.69, 9.17) is 19.0 Å². The Hall–Kier alpha value is -2.00. The van der Waals surface area contributed by atoms with Crippen LogP contribution in [0.3, 0.4) is 0 Å². The molecule has 7 nitrogen and oxygen atoms in total. The van der Waals surface area contributed by atoms with Crippen LogP contribution in [-0.2, 0) is 4.74 Å². The van der Waals surface area contributed by atoms with Crippen LogP contribution in [0.25, 0.3) is 11.0 Å². The summed E-state index contributed by atoms with van der Waals surface area (Å²) in [5.41, 5.74) is 0.473. The molecule has 5 atom stereocenters. The highest BCUT2D eigenvalue weighted by Gasteiger charge is 2.46. The maximum absolute atomic E-state index is 14.1. The van der Waals surface area contributed by atoms with Crippen molar-refractivity contribution >= 4 is 11.0 Å². The van der Waals surface area contributed by atoms with E-state index < -0.39 is 43.0 Å². The fourth-order valence-corrected chi connectivity index (χ4v) is 2.65. The second-order valence-electron chi connectivity index (χ2n) is 5.68. The summed E-state index contributed by atoms with van der Waals surface area (Å²) in [5, 5.41) is 29.1. The van der Waals surface area contributed by atoms with Crippen molar-refractivity contribution in [2.45, 2.75) is 37.7 Å². The van der Waals surface area contributed by atoms with Crippen LogP contribution in [0, 0.1) is 6.92 Å². The summed E-state index contributed by atoms with van der Waals surface area (Å²) in [4.78, 5) is 11.4. The van der Waals surface area contributed by atoms with Crippen LogP contribution in [0.2, 0.25) is 0 Å². The predicted octanol–water partition coefficient (Wildman–Crippen LogP) is 0.257. The molecular formula is C16H17FO7. The Labute approximate surface area is 135 Å². The first-order valence-corrected chi connectivity index (χ1v) is 7.38. The molecule has 0 amide bonds. The molecule has 0 saturated carbocycles. The first kappa shape index (κ1) is 16.8. The number of rotatable bonds is 3. The third-order valence-corrected chi connectivity index (χ3v) is 3.98. The molecule has 130 valence electrons. The molecule has 3 rings (SSSR count). The first-order chi connectivity index (χ1) is 11.4. The normalized spacial score (nSPS) is 30.5. The van der Waals surface area contributed by atoms with E-state index in [0.29, 0.717) is 5.39 Å². The lowest BCUT2D eigenvalue weighted by Crippen LogP contribution is -2.58. The third kappa shape index (κ3) is 3.01. The summed E-state index contributed by atoms with van der Waals surface area (Å²) < 4.78 is 29.7. The van der Waals surface area contributed by atoms with E-state index in [0.717, 1.165) is 5.56 Å². The molecular weight excluding hydrogens is 323 g/mol. The zero-order valence-electron chi connectivity index (χ0n) is 12.8. The molecule has 8 heteroatoms. The van der Waals surface area contributed by atoms with Gasteiger partial charge in [-0.05, 0) is 24.6 Å². The number of aliphatic hydroxyl groups is 3. The molecule has 1 aliphatic heterocycles. The molecule has 0 radical (unpaired) electrons. The molecule has 1 aliphatic rings. The lowest BCUT2D eigenvalue weighted by Gasteiger charge is -2.38. The van der Waals surface area contributed by atoms with Crippen LogP contribution < -0.4 is 10.4 Å². The summed E-state index contributed by atoms with van der Waals surface area (Å²) >= 11 is 0. The fourth-order valence-electron chi connectivity index (χ4n) is 2.65. The van der Waals surface area contributed by atoms with Gasteiger partial charge in [-0.2, -0.15) is 0 Å². The summed E-state index contributed by atoms with van der Waals surface area (Å²) in [6, 6.07) is 5.95. The number of hydrogen-bond donors (Lipinski definition) is 3. The van der Waals surface area contributed by atoms with Crippen molar-refractivity contribution in [3.05, 3.63) is 40.2 Å². The van der Waals surface area contributed by atoms with E-state index in [1.807, 2.05) is 0 Å². The van der Waals surface area contributed by atoms with Crippen LogP contribution >= 0.6 is 0 Å². The fraction of sp³-hybridized carbons (Fsp3) is 0.438. The standard InChI is InChI=1S/C16H17FO7/c1-7-4-12(19)23-10-5-8(2-3-9(7)10)22-16-13(17)15(21)14(20)11(6-18)24-16/h2-5,11,13-16,18,20-21H,6H2,1H3/t11-,13-,14-,15-,16+/m1/s1. The highest BCUT2D eigenvalue weighted by atomic mass is 19.1. The van der Waals surface area contributed by atoms with Gasteiger partial charge in [0.2, 0.25) is 6.29 Å². The highest BCUT2D eigenvalue weighted by Crippen LogP contribution is 2.28. The number of aryl methyl sites for hydroxylation is 1. The van der Waals surface area contributed by atoms with Gasteiger partial charge in [0.05, 0.1) is 6.61 Å². The van der Waals surface area contributed by atoms with Gasteiger partial charge in [-0.1, -0.05) is 0 Å². The zero-order valence-corrected chi connectivity index (χ0v) is 12.8. The Balaban J connectivity index is 1.87. The van der Waals surface area contributed by atoms with E-state index >= 15 is 0 Å². The third-order valence-electron chi connectivity index (χ3n) is 3.98. The van der Waals surface area contributed by atoms with Gasteiger partial charge in [-0.25, -0.2) is 9.18 Å². The number of aliphatic hydroxyl groups excluding tert-OH is 3. The van der Waals surface area contributed by atoms with Crippen LogP contribution in [0.5, 0.6) is 5.75 Å². The molecule has 2 heterocycles. The summed E-state index contributed by atoms with van der Waals surface area (Å²) in [6.45, 7) is 1.15. The molecule has 0 bridgehead atoms. The number of ether oxygens (including phenoxy) is 2. The predicted molar refractivity (Wildman–Crippen MR) is 80.5 cm³/mol. The van der Waals surface area contributed by atoms with Gasteiger partial charge >= 0.3 is 5.63 Å². The van der Waals surface area contributed by atoms with E-state index in [2.05, 4.69) is 0 Å². The molecule has 1 aromatic heterocycles. The molecule has 1 aromatic carbocycles. The van der Waals surface area contributed by atoms with Gasteiger partial charge in [0.15, 0.2) is 6.17 Å². The summed E-state index contributed by atoms with van der Waals surface area (Å²) in [6.07, 6.45) is -8.00. The average Bonchev–Trinajstić information content (AvgIpc) is 2.55. The maximum Gasteiger partial charge on any atom is 0.336 e. The monoisotopic (exact) mass is 340 g/mol. The minimum Gasteiger partial charge on any atom is -0.461 e. The largest absolute Gasteiger partial charge is 0.461 e. The number of benzene rings is 1. The van der Waals surface area contributed by atoms with Gasteiger partial charge in [0, 0.05) is 17.5 Å². The van der Waals surface area contributed by atoms with Gasteiger partial charge < -0.3 is 29.2 Å². The molecule has 1 fully saturated rings. The molecule has 2 aromatic rings. The minimum absolute atomic E-state index is 0.157. The topological polar surface area (TPSA) is 109 Å². The Morgan fingerprint density at radius 3 is 2.71 bits per heavy atom. The van der Waals surface area contributed by atoms with Crippen molar-refractivity contribution < 1.29 is 33.6 Å². The molecule has 0 unspecified atom stereocenters. The maximum atomic E-state index is 14.1. The molecule has 1 saturated heterocycles. The molecule has 24 heavy (non-hydrogen) atoms. The Kier molecular flexibility index (Phi) is 4.55. The van der Waals surface area contributed by atoms with Gasteiger partial charge in [-0.15, -0.1) is 0 Å². The smallest absolute Gasteiger partial charge is 0.336 e. The van der Waals surface area contributed by atoms with E-state index in [-0.39, 0.29) is 11.3 Å². The van der Waals surface area contributed by atoms with Gasteiger partial charge in [-0.3, -0.25) is 0 Å². The zero-order chi connectivity index (χ0) is 17.4. The van der Waals surface area contributed by atoms with E-state index in [1.54, 1.807) is 13.0 Å². The Bertz CT molecular complexity index is 788. The van der Waals surface area contributed by atoms with Crippen molar-refractivity contribution in [1.82, 2.24) is 0 Å². The first-order valence-electron chi connectivity index (χ1n) is 7.38. The van der Waals surface area contributed by atoms with Crippen LogP contribution in [0.1, 0.15) is 5.56 Å². The van der Waals surface area contributed by atoms with E-state index in [1.165, 1.54) is 18.2 Å². The van der Waals surface area contributed by atoms with Crippen LogP contribution in [0.4, 0.5) is 4.39 Å². The molecule has 0 aliphatic carbocycles. The second kappa shape index (κ2) is 6.48. The van der Waals surface area contributed by atoms with Crippen molar-refractivity contribution in [1.29, 1.82) is 0 Å². The number of alkyl halides is 1.